The molecule has 1 aliphatic heterocycles. The number of allylic oxidation sites excluding steroid dienone is 1. The average molecular weight is 286 g/mol. The molecular formula is C11H5F3N2S2. The molecule has 1 atom stereocenters. The van der Waals surface area contributed by atoms with Gasteiger partial charge in [0.15, 0.2) is 0 Å². The SMILES string of the molecule is N#C[C@H]1C(=S)N=C(c2cccs2)C=C1C(F)(F)F. The number of nitriles is 1. The molecule has 0 aliphatic carbocycles. The lowest BCUT2D eigenvalue weighted by atomic mass is 9.95. The number of thiophene rings is 1. The molecule has 0 bridgehead atoms. The number of alkyl halides is 3. The van der Waals surface area contributed by atoms with E-state index in [1.165, 1.54) is 11.3 Å². The van der Waals surface area contributed by atoms with Gasteiger partial charge in [-0.15, -0.1) is 11.3 Å². The van der Waals surface area contributed by atoms with Crippen molar-refractivity contribution in [2.24, 2.45) is 10.9 Å². The van der Waals surface area contributed by atoms with Crippen molar-refractivity contribution >= 4 is 34.3 Å². The first-order valence-electron chi connectivity index (χ1n) is 4.78. The van der Waals surface area contributed by atoms with E-state index in [9.17, 15) is 13.2 Å². The monoisotopic (exact) mass is 286 g/mol. The summed E-state index contributed by atoms with van der Waals surface area (Å²) in [7, 11) is 0. The van der Waals surface area contributed by atoms with Crippen molar-refractivity contribution in [3.05, 3.63) is 34.0 Å². The molecule has 18 heavy (non-hydrogen) atoms. The highest BCUT2D eigenvalue weighted by molar-refractivity contribution is 7.80. The molecule has 0 amide bonds. The summed E-state index contributed by atoms with van der Waals surface area (Å²) in [4.78, 5) is 4.25. The summed E-state index contributed by atoms with van der Waals surface area (Å²) in [6.45, 7) is 0. The van der Waals surface area contributed by atoms with Gasteiger partial charge in [-0.05, 0) is 17.5 Å². The number of thiocarbonyl (C=S) groups is 1. The maximum absolute atomic E-state index is 12.8. The fourth-order valence-electron chi connectivity index (χ4n) is 1.50. The third-order valence-corrected chi connectivity index (χ3v) is 3.53. The van der Waals surface area contributed by atoms with Crippen LogP contribution >= 0.6 is 23.6 Å². The topological polar surface area (TPSA) is 36.1 Å². The van der Waals surface area contributed by atoms with Gasteiger partial charge in [0.2, 0.25) is 0 Å². The quantitative estimate of drug-likeness (QED) is 0.741. The first-order chi connectivity index (χ1) is 8.43. The van der Waals surface area contributed by atoms with Crippen LogP contribution in [0.15, 0.2) is 34.2 Å². The van der Waals surface area contributed by atoms with Gasteiger partial charge in [0.05, 0.1) is 22.2 Å². The number of aliphatic imine (C=N–C) groups is 1. The Morgan fingerprint density at radius 1 is 1.44 bits per heavy atom. The minimum atomic E-state index is -4.58. The van der Waals surface area contributed by atoms with Crippen LogP contribution < -0.4 is 0 Å². The van der Waals surface area contributed by atoms with E-state index in [1.807, 2.05) is 0 Å². The molecule has 1 aliphatic rings. The molecule has 0 N–H and O–H groups in total. The summed E-state index contributed by atoms with van der Waals surface area (Å²) in [6.07, 6.45) is -3.68. The Morgan fingerprint density at radius 3 is 2.67 bits per heavy atom. The van der Waals surface area contributed by atoms with Crippen molar-refractivity contribution in [1.29, 1.82) is 5.26 Å². The standard InChI is InChI=1S/C11H5F3N2S2/c12-11(13,14)7-4-8(9-2-1-3-18-9)16-10(17)6(7)5-15/h1-4,6H/t6-/m1/s1. The third-order valence-electron chi connectivity index (χ3n) is 2.31. The maximum atomic E-state index is 12.8. The lowest BCUT2D eigenvalue weighted by molar-refractivity contribution is -0.0947. The summed E-state index contributed by atoms with van der Waals surface area (Å²) in [5, 5.41) is 10.5. The number of hydrogen-bond donors (Lipinski definition) is 0. The zero-order valence-electron chi connectivity index (χ0n) is 8.73. The largest absolute Gasteiger partial charge is 0.414 e. The van der Waals surface area contributed by atoms with E-state index < -0.39 is 17.7 Å². The second-order valence-electron chi connectivity index (χ2n) is 3.47. The second-order valence-corrected chi connectivity index (χ2v) is 4.84. The first kappa shape index (κ1) is 12.9. The van der Waals surface area contributed by atoms with Crippen molar-refractivity contribution in [2.45, 2.75) is 6.18 Å². The highest BCUT2D eigenvalue weighted by Crippen LogP contribution is 2.35. The van der Waals surface area contributed by atoms with Crippen LogP contribution in [0.1, 0.15) is 4.88 Å². The molecule has 0 radical (unpaired) electrons. The van der Waals surface area contributed by atoms with Crippen molar-refractivity contribution in [3.8, 4) is 6.07 Å². The van der Waals surface area contributed by atoms with Crippen LogP contribution in [0.4, 0.5) is 13.2 Å². The third kappa shape index (κ3) is 2.35. The van der Waals surface area contributed by atoms with E-state index in [0.29, 0.717) is 4.88 Å². The Hall–Kier alpha value is -1.52. The Bertz CT molecular complexity index is 576. The predicted molar refractivity (Wildman–Crippen MR) is 66.7 cm³/mol. The minimum absolute atomic E-state index is 0.161. The van der Waals surface area contributed by atoms with Crippen LogP contribution in [0.5, 0.6) is 0 Å². The molecule has 2 heterocycles. The maximum Gasteiger partial charge on any atom is 0.414 e. The van der Waals surface area contributed by atoms with E-state index in [0.717, 1.165) is 6.08 Å². The van der Waals surface area contributed by atoms with Crippen molar-refractivity contribution in [1.82, 2.24) is 0 Å². The first-order valence-corrected chi connectivity index (χ1v) is 6.07. The minimum Gasteiger partial charge on any atom is -0.239 e. The van der Waals surface area contributed by atoms with Gasteiger partial charge in [0.1, 0.15) is 10.9 Å². The van der Waals surface area contributed by atoms with Gasteiger partial charge in [-0.1, -0.05) is 18.3 Å². The predicted octanol–water partition coefficient (Wildman–Crippen LogP) is 3.51. The average Bonchev–Trinajstić information content (AvgIpc) is 2.80. The lowest BCUT2D eigenvalue weighted by Gasteiger charge is -2.20. The van der Waals surface area contributed by atoms with Crippen molar-refractivity contribution in [3.63, 3.8) is 0 Å². The molecule has 2 nitrogen and oxygen atoms in total. The van der Waals surface area contributed by atoms with Gasteiger partial charge in [0, 0.05) is 0 Å². The highest BCUT2D eigenvalue weighted by Gasteiger charge is 2.42. The Kier molecular flexibility index (Phi) is 3.32. The lowest BCUT2D eigenvalue weighted by Crippen LogP contribution is -2.28. The van der Waals surface area contributed by atoms with Crippen LogP contribution in [0.2, 0.25) is 0 Å². The zero-order valence-corrected chi connectivity index (χ0v) is 10.4. The van der Waals surface area contributed by atoms with Gasteiger partial charge in [-0.25, -0.2) is 4.99 Å². The molecule has 0 fully saturated rings. The fourth-order valence-corrected chi connectivity index (χ4v) is 2.46. The smallest absolute Gasteiger partial charge is 0.239 e. The number of rotatable bonds is 1. The van der Waals surface area contributed by atoms with E-state index in [2.05, 4.69) is 4.99 Å². The van der Waals surface area contributed by atoms with Crippen LogP contribution in [0.25, 0.3) is 0 Å². The van der Waals surface area contributed by atoms with E-state index in [4.69, 9.17) is 17.5 Å². The molecular weight excluding hydrogens is 281 g/mol. The molecule has 1 aromatic heterocycles. The molecule has 1 aromatic rings. The molecule has 92 valence electrons. The Balaban J connectivity index is 2.51. The van der Waals surface area contributed by atoms with Gasteiger partial charge >= 0.3 is 6.18 Å². The second kappa shape index (κ2) is 4.63. The number of halogens is 3. The van der Waals surface area contributed by atoms with E-state index in [1.54, 1.807) is 23.6 Å². The number of hydrogen-bond acceptors (Lipinski definition) is 3. The summed E-state index contributed by atoms with van der Waals surface area (Å²) in [5.74, 6) is -1.50. The van der Waals surface area contributed by atoms with Gasteiger partial charge in [-0.2, -0.15) is 18.4 Å². The molecule has 0 aromatic carbocycles. The zero-order chi connectivity index (χ0) is 13.3. The van der Waals surface area contributed by atoms with Crippen LogP contribution in [0, 0.1) is 17.2 Å². The van der Waals surface area contributed by atoms with E-state index in [-0.39, 0.29) is 10.7 Å². The molecule has 7 heteroatoms. The highest BCUT2D eigenvalue weighted by atomic mass is 32.1. The fraction of sp³-hybridized carbons (Fsp3) is 0.182. The van der Waals surface area contributed by atoms with Gasteiger partial charge < -0.3 is 0 Å². The van der Waals surface area contributed by atoms with Gasteiger partial charge in [-0.3, -0.25) is 0 Å². The summed E-state index contributed by atoms with van der Waals surface area (Å²) in [6, 6.07) is 4.91. The van der Waals surface area contributed by atoms with Crippen molar-refractivity contribution in [2.75, 3.05) is 0 Å². The Labute approximate surface area is 110 Å². The summed E-state index contributed by atoms with van der Waals surface area (Å²) in [5.41, 5.74) is -0.790. The number of dihydropyridines is 1. The normalized spacial score (nSPS) is 20.1. The van der Waals surface area contributed by atoms with E-state index >= 15 is 0 Å². The van der Waals surface area contributed by atoms with Gasteiger partial charge in [0.25, 0.3) is 0 Å². The summed E-state index contributed by atoms with van der Waals surface area (Å²) < 4.78 is 38.5. The number of nitrogens with zero attached hydrogens (tertiary/aromatic N) is 2. The molecule has 0 unspecified atom stereocenters. The van der Waals surface area contributed by atoms with Crippen LogP contribution in [-0.2, 0) is 0 Å². The van der Waals surface area contributed by atoms with Crippen molar-refractivity contribution < 1.29 is 13.2 Å². The Morgan fingerprint density at radius 2 is 2.17 bits per heavy atom. The molecule has 2 rings (SSSR count). The molecule has 0 saturated heterocycles. The molecule has 0 saturated carbocycles. The summed E-state index contributed by atoms with van der Waals surface area (Å²) >= 11 is 6.04. The van der Waals surface area contributed by atoms with Crippen LogP contribution in [0.3, 0.4) is 0 Å². The molecule has 0 spiro atoms. The van der Waals surface area contributed by atoms with Crippen LogP contribution in [-0.4, -0.2) is 16.9 Å².